The van der Waals surface area contributed by atoms with Crippen LogP contribution in [0.25, 0.3) is 0 Å². The van der Waals surface area contributed by atoms with Gasteiger partial charge in [0, 0.05) is 168 Å². The molecular weight excluding hydrogens is 1160 g/mol. The van der Waals surface area contributed by atoms with Crippen LogP contribution in [0, 0.1) is 29.6 Å². The van der Waals surface area contributed by atoms with E-state index in [-0.39, 0.29) is 59.5 Å². The van der Waals surface area contributed by atoms with Crippen molar-refractivity contribution in [3.63, 3.8) is 0 Å². The lowest BCUT2D eigenvalue weighted by molar-refractivity contribution is -0.162. The first-order valence-electron chi connectivity index (χ1n) is 37.0. The van der Waals surface area contributed by atoms with E-state index in [9.17, 15) is 18.0 Å². The first kappa shape index (κ1) is 73.7. The quantitative estimate of drug-likeness (QED) is 0.119. The highest BCUT2D eigenvalue weighted by atomic mass is 19.4. The predicted octanol–water partition coefficient (Wildman–Crippen LogP) is 13.2. The van der Waals surface area contributed by atoms with E-state index in [0.29, 0.717) is 61.0 Å². The van der Waals surface area contributed by atoms with Gasteiger partial charge in [-0.15, -0.1) is 0 Å². The molecule has 6 fully saturated rings. The molecule has 0 bridgehead atoms. The Morgan fingerprint density at radius 2 is 1.53 bits per heavy atom. The first-order chi connectivity index (χ1) is 44.2. The number of amides is 1. The van der Waals surface area contributed by atoms with E-state index in [1.165, 1.54) is 102 Å². The summed E-state index contributed by atoms with van der Waals surface area (Å²) in [7, 11) is 5.63. The number of fused-ring (bicyclic) bond motifs is 2. The maximum Gasteiger partial charge on any atom is 0.419 e. The Hall–Kier alpha value is -4.13. The van der Waals surface area contributed by atoms with Crippen LogP contribution < -0.4 is 36.6 Å². The zero-order valence-corrected chi connectivity index (χ0v) is 59.3. The van der Waals surface area contributed by atoms with Gasteiger partial charge in [0.05, 0.1) is 25.1 Å². The second-order valence-corrected chi connectivity index (χ2v) is 30.1. The molecule has 6 N–H and O–H groups in total. The number of hydrogen-bond acceptors (Lipinski definition) is 13. The highest BCUT2D eigenvalue weighted by Crippen LogP contribution is 2.44. The number of methoxy groups -OCH3 is 1. The molecule has 4 aliphatic heterocycles. The van der Waals surface area contributed by atoms with E-state index in [4.69, 9.17) is 9.73 Å². The summed E-state index contributed by atoms with van der Waals surface area (Å²) in [4.78, 5) is 32.2. The normalized spacial score (nSPS) is 30.5. The van der Waals surface area contributed by atoms with Crippen LogP contribution in [-0.2, 0) is 17.4 Å². The van der Waals surface area contributed by atoms with Gasteiger partial charge >= 0.3 is 6.18 Å². The fourth-order valence-corrected chi connectivity index (χ4v) is 17.1. The maximum absolute atomic E-state index is 15.0. The number of rotatable bonds is 12. The standard InChI is InChI=1S/C75H127F3N12O2/c1-13-54(4)68-48-83-67(45-53(2)3)56(6)82-49-69-71(73(91)88-41-22-15-23-42-88)59(9)90(69)72(62-27-18-19-28-62)57(7)85-74(35-20-21-36-74)52-80-39-38-79-37-34-63(32-30-61-31-33-66(75(76,77)78)70(47-61)92-12)81-40-44-86(10)50-65(46-60-25-16-14-17-26-60)87(11)51-64-29-24-43-89(64)58(8)55(5)84-68/h31,33-34,37,40,44,47,50-51,53-60,62,67-69,71-72,80-85H,13-30,32,35-36,38-39,41-43,45-46,48-49,52H2,1-12H3/t54-,55?,56?,57?,58-,59?,67-,68+,69?,71-,72+/m0/s1. The number of ether oxygens (including phenoxy) is 1. The summed E-state index contributed by atoms with van der Waals surface area (Å²) >= 11 is 0. The number of piperidine rings is 1. The number of carbonyl (C=O) groups excluding carboxylic acids is 1. The Morgan fingerprint density at radius 3 is 2.23 bits per heavy atom. The number of aliphatic imine (C=N–C) groups is 1. The van der Waals surface area contributed by atoms with Crippen LogP contribution in [0.1, 0.15) is 215 Å². The Kier molecular flexibility index (Phi) is 28.6. The molecule has 0 aromatic heterocycles. The van der Waals surface area contributed by atoms with Crippen LogP contribution in [0.15, 0.2) is 71.2 Å². The number of allylic oxidation sites excluding steroid dienone is 4. The average Bonchev–Trinajstić information content (AvgIpc) is 0.767. The van der Waals surface area contributed by atoms with Crippen molar-refractivity contribution < 1.29 is 22.7 Å². The molecule has 0 radical (unpaired) electrons. The van der Waals surface area contributed by atoms with E-state index < -0.39 is 11.7 Å². The van der Waals surface area contributed by atoms with E-state index >= 15 is 0 Å². The van der Waals surface area contributed by atoms with Gasteiger partial charge in [-0.1, -0.05) is 98.0 Å². The molecule has 520 valence electrons. The van der Waals surface area contributed by atoms with Gasteiger partial charge in [0.25, 0.3) is 0 Å². The highest BCUT2D eigenvalue weighted by Gasteiger charge is 2.56. The molecule has 1 aromatic rings. The molecule has 14 nitrogen and oxygen atoms in total. The van der Waals surface area contributed by atoms with Gasteiger partial charge in [-0.2, -0.15) is 13.2 Å². The van der Waals surface area contributed by atoms with Gasteiger partial charge < -0.3 is 56.2 Å². The van der Waals surface area contributed by atoms with Gasteiger partial charge in [0.1, 0.15) is 5.75 Å². The smallest absolute Gasteiger partial charge is 0.419 e. The average molecular weight is 1290 g/mol. The molecule has 92 heavy (non-hydrogen) atoms. The minimum Gasteiger partial charge on any atom is -0.496 e. The molecule has 8 rings (SSSR count). The van der Waals surface area contributed by atoms with Gasteiger partial charge in [-0.25, -0.2) is 0 Å². The Labute approximate surface area is 556 Å². The second kappa shape index (κ2) is 35.7. The molecule has 17 heteroatoms. The predicted molar refractivity (Wildman–Crippen MR) is 374 cm³/mol. The molecule has 11 atom stereocenters. The zero-order chi connectivity index (χ0) is 66.0. The number of alkyl halides is 3. The molecule has 1 spiro atoms. The number of nitrogens with zero attached hydrogens (tertiary/aromatic N) is 6. The van der Waals surface area contributed by atoms with Crippen LogP contribution in [-0.4, -0.2) is 170 Å². The SMILES string of the molecule is CC[C@H](C)[C@H]1CN[C@@H](CC(C)C)C(C)NCC2[C@@H](C(=O)N3CCCCC3)C(C)N2[C@@H](C2CCCC2)C(C)NC2(CCCC2)CNCCN=CC=C(CCc2ccc(C(F)(F)F)c(OC)c2)NC=CN(C)C=C(CC2CCCCC2)N(C)C=C2CCCN2[C@@H](C)C(C)N1. The van der Waals surface area contributed by atoms with Gasteiger partial charge in [0.15, 0.2) is 0 Å². The molecule has 4 heterocycles. The van der Waals surface area contributed by atoms with Crippen molar-refractivity contribution >= 4 is 12.1 Å². The number of aryl methyl sites for hydroxylation is 1. The zero-order valence-electron chi connectivity index (χ0n) is 59.3. The summed E-state index contributed by atoms with van der Waals surface area (Å²) in [5.41, 5.74) is 3.55. The molecule has 1 amide bonds. The third-order valence-electron chi connectivity index (χ3n) is 22.8. The van der Waals surface area contributed by atoms with E-state index in [1.807, 2.05) is 18.5 Å². The summed E-state index contributed by atoms with van der Waals surface area (Å²) in [6.07, 6.45) is 34.1. The summed E-state index contributed by atoms with van der Waals surface area (Å²) in [6.45, 7) is 28.3. The summed E-state index contributed by atoms with van der Waals surface area (Å²) in [5, 5.41) is 24.5. The highest BCUT2D eigenvalue weighted by molar-refractivity contribution is 5.81. The molecule has 3 saturated carbocycles. The van der Waals surface area contributed by atoms with Crippen LogP contribution in [0.3, 0.4) is 0 Å². The van der Waals surface area contributed by atoms with Crippen molar-refractivity contribution in [3.8, 4) is 5.75 Å². The number of likely N-dealkylation sites (tertiary alicyclic amines) is 1. The van der Waals surface area contributed by atoms with Crippen molar-refractivity contribution in [1.29, 1.82) is 0 Å². The number of nitrogens with one attached hydrogen (secondary N) is 6. The molecule has 3 aliphatic carbocycles. The fourth-order valence-electron chi connectivity index (χ4n) is 17.1. The number of halogens is 3. The van der Waals surface area contributed by atoms with Crippen LogP contribution in [0.4, 0.5) is 13.2 Å². The van der Waals surface area contributed by atoms with E-state index in [1.54, 1.807) is 6.07 Å². The molecular formula is C75H127F3N12O2. The van der Waals surface area contributed by atoms with Crippen LogP contribution in [0.5, 0.6) is 5.75 Å². The molecule has 1 aromatic carbocycles. The van der Waals surface area contributed by atoms with Crippen molar-refractivity contribution in [2.75, 3.05) is 73.6 Å². The Bertz CT molecular complexity index is 2550. The van der Waals surface area contributed by atoms with Crippen molar-refractivity contribution in [1.82, 2.24) is 56.4 Å². The van der Waals surface area contributed by atoms with Crippen molar-refractivity contribution in [3.05, 3.63) is 77.3 Å². The monoisotopic (exact) mass is 1290 g/mol. The second-order valence-electron chi connectivity index (χ2n) is 30.1. The molecule has 3 saturated heterocycles. The number of benzene rings is 1. The third-order valence-corrected chi connectivity index (χ3v) is 22.8. The van der Waals surface area contributed by atoms with Crippen molar-refractivity contribution in [2.45, 2.75) is 276 Å². The fraction of sp³-hybridized carbons (Fsp3) is 0.787. The largest absolute Gasteiger partial charge is 0.496 e. The lowest BCUT2D eigenvalue weighted by Crippen LogP contribution is -2.76. The van der Waals surface area contributed by atoms with Crippen LogP contribution in [0.2, 0.25) is 0 Å². The van der Waals surface area contributed by atoms with E-state index in [2.05, 4.69) is 151 Å². The third kappa shape index (κ3) is 20.5. The molecule has 5 unspecified atom stereocenters. The minimum atomic E-state index is -4.50. The minimum absolute atomic E-state index is 0.0308. The number of hydrogen-bond donors (Lipinski definition) is 6. The lowest BCUT2D eigenvalue weighted by atomic mass is 9.74. The number of carbonyl (C=O) groups is 1. The molecule has 7 aliphatic rings. The first-order valence-corrected chi connectivity index (χ1v) is 37.0. The summed E-state index contributed by atoms with van der Waals surface area (Å²) < 4.78 is 46.9. The van der Waals surface area contributed by atoms with Crippen LogP contribution >= 0.6 is 0 Å². The lowest BCUT2D eigenvalue weighted by Gasteiger charge is -2.60. The summed E-state index contributed by atoms with van der Waals surface area (Å²) in [6, 6.07) is 6.34. The Balaban J connectivity index is 1.10. The topological polar surface area (TPSA) is 127 Å². The summed E-state index contributed by atoms with van der Waals surface area (Å²) in [5.74, 6) is 2.40. The maximum atomic E-state index is 15.0. The van der Waals surface area contributed by atoms with E-state index in [0.717, 1.165) is 121 Å². The van der Waals surface area contributed by atoms with Gasteiger partial charge in [-0.05, 0) is 166 Å². The van der Waals surface area contributed by atoms with Gasteiger partial charge in [0.2, 0.25) is 5.91 Å². The Morgan fingerprint density at radius 1 is 0.815 bits per heavy atom. The van der Waals surface area contributed by atoms with Crippen molar-refractivity contribution in [2.24, 2.45) is 34.6 Å². The van der Waals surface area contributed by atoms with Gasteiger partial charge in [-0.3, -0.25) is 14.7 Å².